The van der Waals surface area contributed by atoms with Crippen LogP contribution in [-0.2, 0) is 16.1 Å². The van der Waals surface area contributed by atoms with E-state index >= 15 is 0 Å². The first kappa shape index (κ1) is 12.9. The molecular weight excluding hydrogens is 260 g/mol. The van der Waals surface area contributed by atoms with Crippen LogP contribution in [0.4, 0.5) is 0 Å². The number of hydrogen-bond acceptors (Lipinski definition) is 4. The van der Waals surface area contributed by atoms with E-state index in [-0.39, 0.29) is 18.1 Å². The predicted molar refractivity (Wildman–Crippen MR) is 71.4 cm³/mol. The molecule has 1 aliphatic heterocycles. The molecule has 0 saturated carbocycles. The highest BCUT2D eigenvalue weighted by Gasteiger charge is 2.17. The quantitative estimate of drug-likeness (QED) is 0.828. The maximum atomic E-state index is 12.0. The average molecular weight is 276 g/mol. The van der Waals surface area contributed by atoms with Crippen LogP contribution in [0.1, 0.15) is 6.42 Å². The highest BCUT2D eigenvalue weighted by Crippen LogP contribution is 2.10. The fourth-order valence-corrected chi connectivity index (χ4v) is 2.27. The number of nitrogens with zero attached hydrogens (tertiary/aromatic N) is 3. The Labute approximate surface area is 115 Å². The van der Waals surface area contributed by atoms with Gasteiger partial charge in [-0.2, -0.15) is 0 Å². The molecule has 20 heavy (non-hydrogen) atoms. The molecule has 7 heteroatoms. The zero-order chi connectivity index (χ0) is 13.9. The van der Waals surface area contributed by atoms with E-state index in [0.29, 0.717) is 24.7 Å². The van der Waals surface area contributed by atoms with E-state index in [0.717, 1.165) is 13.0 Å². The molecular formula is C13H16N4O3. The van der Waals surface area contributed by atoms with Gasteiger partial charge in [-0.3, -0.25) is 9.20 Å². The van der Waals surface area contributed by atoms with Gasteiger partial charge in [0.05, 0.1) is 6.61 Å². The molecule has 0 radical (unpaired) electrons. The summed E-state index contributed by atoms with van der Waals surface area (Å²) in [6.07, 6.45) is 2.60. The van der Waals surface area contributed by atoms with E-state index in [2.05, 4.69) is 10.4 Å². The Hall–Kier alpha value is -2.15. The van der Waals surface area contributed by atoms with Crippen molar-refractivity contribution in [1.29, 1.82) is 0 Å². The summed E-state index contributed by atoms with van der Waals surface area (Å²) in [5.74, 6) is 0.166. The maximum Gasteiger partial charge on any atom is 0.350 e. The van der Waals surface area contributed by atoms with Crippen LogP contribution >= 0.6 is 0 Å². The number of ether oxygens (including phenoxy) is 1. The van der Waals surface area contributed by atoms with Gasteiger partial charge in [-0.05, 0) is 18.6 Å². The SMILES string of the molecule is O=C(Cn1nc2ccccn2c1=O)NC[C@H]1CCOC1. The Balaban J connectivity index is 1.65. The van der Waals surface area contributed by atoms with Gasteiger partial charge in [-0.15, -0.1) is 5.10 Å². The fraction of sp³-hybridized carbons (Fsp3) is 0.462. The highest BCUT2D eigenvalue weighted by molar-refractivity contribution is 5.75. The van der Waals surface area contributed by atoms with Crippen LogP contribution < -0.4 is 11.0 Å². The maximum absolute atomic E-state index is 12.0. The average Bonchev–Trinajstić information content (AvgIpc) is 3.07. The van der Waals surface area contributed by atoms with E-state index < -0.39 is 0 Å². The molecule has 1 N–H and O–H groups in total. The predicted octanol–water partition coefficient (Wildman–Crippen LogP) is -0.351. The first-order chi connectivity index (χ1) is 9.74. The lowest BCUT2D eigenvalue weighted by Gasteiger charge is -2.08. The molecule has 0 bridgehead atoms. The van der Waals surface area contributed by atoms with E-state index in [1.165, 1.54) is 9.08 Å². The molecule has 7 nitrogen and oxygen atoms in total. The van der Waals surface area contributed by atoms with Gasteiger partial charge in [0.25, 0.3) is 0 Å². The summed E-state index contributed by atoms with van der Waals surface area (Å²) in [4.78, 5) is 23.8. The summed E-state index contributed by atoms with van der Waals surface area (Å²) in [6.45, 7) is 1.97. The molecule has 2 aromatic rings. The van der Waals surface area contributed by atoms with E-state index in [4.69, 9.17) is 4.74 Å². The fourth-order valence-electron chi connectivity index (χ4n) is 2.27. The van der Waals surface area contributed by atoms with Crippen LogP contribution in [0.3, 0.4) is 0 Å². The first-order valence-electron chi connectivity index (χ1n) is 6.62. The summed E-state index contributed by atoms with van der Waals surface area (Å²) in [7, 11) is 0. The summed E-state index contributed by atoms with van der Waals surface area (Å²) in [6, 6.07) is 5.28. The van der Waals surface area contributed by atoms with E-state index in [1.54, 1.807) is 24.4 Å². The third kappa shape index (κ3) is 2.57. The minimum absolute atomic E-state index is 0.0614. The number of rotatable bonds is 4. The number of carbonyl (C=O) groups is 1. The molecule has 0 aliphatic carbocycles. The number of pyridine rings is 1. The van der Waals surface area contributed by atoms with Crippen molar-refractivity contribution in [2.45, 2.75) is 13.0 Å². The molecule has 1 fully saturated rings. The normalized spacial score (nSPS) is 18.5. The Morgan fingerprint density at radius 3 is 3.15 bits per heavy atom. The number of aromatic nitrogens is 3. The van der Waals surface area contributed by atoms with Crippen LogP contribution in [0.2, 0.25) is 0 Å². The van der Waals surface area contributed by atoms with Crippen molar-refractivity contribution in [2.75, 3.05) is 19.8 Å². The minimum atomic E-state index is -0.306. The second-order valence-electron chi connectivity index (χ2n) is 4.90. The first-order valence-corrected chi connectivity index (χ1v) is 6.62. The standard InChI is InChI=1S/C13H16N4O3/c18-12(14-7-10-4-6-20-9-10)8-17-13(19)16-5-2-1-3-11(16)15-17/h1-3,5,10H,4,6-9H2,(H,14,18)/t10-/m1/s1. The van der Waals surface area contributed by atoms with Gasteiger partial charge in [0.2, 0.25) is 5.91 Å². The van der Waals surface area contributed by atoms with Gasteiger partial charge in [0.1, 0.15) is 6.54 Å². The molecule has 1 aliphatic rings. The highest BCUT2D eigenvalue weighted by atomic mass is 16.5. The van der Waals surface area contributed by atoms with Crippen LogP contribution in [0, 0.1) is 5.92 Å². The number of hydrogen-bond donors (Lipinski definition) is 1. The molecule has 1 saturated heterocycles. The van der Waals surface area contributed by atoms with E-state index in [1.807, 2.05) is 0 Å². The van der Waals surface area contributed by atoms with Crippen molar-refractivity contribution < 1.29 is 9.53 Å². The second kappa shape index (κ2) is 5.46. The Morgan fingerprint density at radius 2 is 2.40 bits per heavy atom. The second-order valence-corrected chi connectivity index (χ2v) is 4.90. The number of fused-ring (bicyclic) bond motifs is 1. The minimum Gasteiger partial charge on any atom is -0.381 e. The van der Waals surface area contributed by atoms with Gasteiger partial charge >= 0.3 is 5.69 Å². The van der Waals surface area contributed by atoms with Crippen molar-refractivity contribution >= 4 is 11.6 Å². The van der Waals surface area contributed by atoms with Crippen molar-refractivity contribution in [3.05, 3.63) is 34.9 Å². The molecule has 3 rings (SSSR count). The van der Waals surface area contributed by atoms with Crippen molar-refractivity contribution in [1.82, 2.24) is 19.5 Å². The Morgan fingerprint density at radius 1 is 1.50 bits per heavy atom. The molecule has 3 heterocycles. The third-order valence-corrected chi connectivity index (χ3v) is 3.39. The van der Waals surface area contributed by atoms with Gasteiger partial charge in [0.15, 0.2) is 5.65 Å². The summed E-state index contributed by atoms with van der Waals surface area (Å²) in [5.41, 5.74) is 0.231. The lowest BCUT2D eigenvalue weighted by Crippen LogP contribution is -2.35. The Bertz CT molecular complexity index is 670. The zero-order valence-electron chi connectivity index (χ0n) is 11.0. The molecule has 0 unspecified atom stereocenters. The van der Waals surface area contributed by atoms with Gasteiger partial charge in [-0.25, -0.2) is 9.48 Å². The Kier molecular flexibility index (Phi) is 3.51. The summed E-state index contributed by atoms with van der Waals surface area (Å²) < 4.78 is 7.84. The van der Waals surface area contributed by atoms with Crippen LogP contribution in [-0.4, -0.2) is 39.8 Å². The zero-order valence-corrected chi connectivity index (χ0v) is 11.0. The molecule has 2 aromatic heterocycles. The van der Waals surface area contributed by atoms with Gasteiger partial charge in [-0.1, -0.05) is 6.07 Å². The van der Waals surface area contributed by atoms with Crippen molar-refractivity contribution in [3.8, 4) is 0 Å². The molecule has 0 spiro atoms. The van der Waals surface area contributed by atoms with E-state index in [9.17, 15) is 9.59 Å². The number of nitrogens with one attached hydrogen (secondary N) is 1. The molecule has 106 valence electrons. The number of amides is 1. The lowest BCUT2D eigenvalue weighted by atomic mass is 10.1. The molecule has 0 aromatic carbocycles. The van der Waals surface area contributed by atoms with Crippen LogP contribution in [0.25, 0.3) is 5.65 Å². The third-order valence-electron chi connectivity index (χ3n) is 3.39. The van der Waals surface area contributed by atoms with Crippen molar-refractivity contribution in [2.24, 2.45) is 5.92 Å². The molecule has 1 atom stereocenters. The summed E-state index contributed by atoms with van der Waals surface area (Å²) in [5, 5.41) is 6.93. The lowest BCUT2D eigenvalue weighted by molar-refractivity contribution is -0.122. The largest absolute Gasteiger partial charge is 0.381 e. The van der Waals surface area contributed by atoms with Crippen LogP contribution in [0.5, 0.6) is 0 Å². The monoisotopic (exact) mass is 276 g/mol. The molecule has 1 amide bonds. The number of carbonyl (C=O) groups excluding carboxylic acids is 1. The topological polar surface area (TPSA) is 77.6 Å². The van der Waals surface area contributed by atoms with Crippen molar-refractivity contribution in [3.63, 3.8) is 0 Å². The van der Waals surface area contributed by atoms with Crippen LogP contribution in [0.15, 0.2) is 29.2 Å². The van der Waals surface area contributed by atoms with Gasteiger partial charge in [0, 0.05) is 25.3 Å². The van der Waals surface area contributed by atoms with Gasteiger partial charge < -0.3 is 10.1 Å². The smallest absolute Gasteiger partial charge is 0.350 e. The summed E-state index contributed by atoms with van der Waals surface area (Å²) >= 11 is 0.